The Balaban J connectivity index is 1.26. The fraction of sp³-hybridized carbons (Fsp3) is 0.472. The number of carbonyl (C=O) groups excluding carboxylic acids is 1. The number of aryl methyl sites for hydroxylation is 2. The summed E-state index contributed by atoms with van der Waals surface area (Å²) >= 11 is 0. The number of nitrogens with zero attached hydrogens (tertiary/aromatic N) is 5. The van der Waals surface area contributed by atoms with Gasteiger partial charge in [0.05, 0.1) is 17.3 Å². The summed E-state index contributed by atoms with van der Waals surface area (Å²) in [6.07, 6.45) is 4.41. The van der Waals surface area contributed by atoms with Crippen LogP contribution in [0.1, 0.15) is 49.1 Å². The second-order valence-electron chi connectivity index (χ2n) is 12.6. The summed E-state index contributed by atoms with van der Waals surface area (Å²) in [7, 11) is 6.22. The number of rotatable bonds is 14. The summed E-state index contributed by atoms with van der Waals surface area (Å²) in [6.45, 7) is 9.57. The third kappa shape index (κ3) is 8.85. The first-order valence-electron chi connectivity index (χ1n) is 16.7. The van der Waals surface area contributed by atoms with Crippen molar-refractivity contribution in [2.75, 3.05) is 52.8 Å². The predicted octanol–water partition coefficient (Wildman–Crippen LogP) is 5.40. The Hall–Kier alpha value is -4.06. The molecule has 10 nitrogen and oxygen atoms in total. The minimum atomic E-state index is -0.304. The lowest BCUT2D eigenvalue weighted by molar-refractivity contribution is 0.0904. The molecule has 3 N–H and O–H groups in total. The molecule has 0 unspecified atom stereocenters. The van der Waals surface area contributed by atoms with Crippen molar-refractivity contribution < 1.29 is 13.9 Å². The van der Waals surface area contributed by atoms with Crippen molar-refractivity contribution in [2.24, 2.45) is 0 Å². The van der Waals surface area contributed by atoms with Gasteiger partial charge in [0.15, 0.2) is 5.65 Å². The molecule has 0 aliphatic carbocycles. The van der Waals surface area contributed by atoms with E-state index in [4.69, 9.17) is 9.72 Å². The molecule has 1 aliphatic heterocycles. The van der Waals surface area contributed by atoms with Crippen LogP contribution in [0.3, 0.4) is 0 Å². The van der Waals surface area contributed by atoms with Gasteiger partial charge in [-0.05, 0) is 82.2 Å². The average molecular weight is 645 g/mol. The normalized spacial score (nSPS) is 13.9. The first-order chi connectivity index (χ1) is 22.7. The van der Waals surface area contributed by atoms with Crippen LogP contribution < -0.4 is 16.0 Å². The highest BCUT2D eigenvalue weighted by molar-refractivity contribution is 5.92. The number of amides is 2. The minimum absolute atomic E-state index is 0.264. The number of carbonyl (C=O) groups is 1. The van der Waals surface area contributed by atoms with Crippen molar-refractivity contribution in [1.29, 1.82) is 0 Å². The summed E-state index contributed by atoms with van der Waals surface area (Å²) in [4.78, 5) is 22.5. The molecule has 1 fully saturated rings. The highest BCUT2D eigenvalue weighted by Gasteiger charge is 2.22. The SMILES string of the molecule is CCc1nc2c(cnn2CC)c(NC2CCOCC2)c1CNC(=O)NCc1ccc(F)c(-c2cccc(CN(C)CCN(C)C)c2)c1. The van der Waals surface area contributed by atoms with Crippen LogP contribution in [0.4, 0.5) is 14.9 Å². The highest BCUT2D eigenvalue weighted by atomic mass is 19.1. The van der Waals surface area contributed by atoms with E-state index in [1.807, 2.05) is 35.1 Å². The topological polar surface area (TPSA) is 99.6 Å². The van der Waals surface area contributed by atoms with E-state index in [0.717, 1.165) is 103 Å². The lowest BCUT2D eigenvalue weighted by atomic mass is 10.00. The Morgan fingerprint density at radius 3 is 2.55 bits per heavy atom. The number of urea groups is 1. The summed E-state index contributed by atoms with van der Waals surface area (Å²) in [5, 5.41) is 15.3. The molecule has 11 heteroatoms. The van der Waals surface area contributed by atoms with E-state index in [-0.39, 0.29) is 24.4 Å². The first-order valence-corrected chi connectivity index (χ1v) is 16.7. The van der Waals surface area contributed by atoms with Gasteiger partial charge in [-0.3, -0.25) is 0 Å². The van der Waals surface area contributed by atoms with E-state index in [1.54, 1.807) is 6.07 Å². The number of halogens is 1. The van der Waals surface area contributed by atoms with Crippen LogP contribution in [0.25, 0.3) is 22.2 Å². The van der Waals surface area contributed by atoms with Crippen molar-refractivity contribution in [3.8, 4) is 11.1 Å². The summed E-state index contributed by atoms with van der Waals surface area (Å²) in [5.41, 5.74) is 7.00. The quantitative estimate of drug-likeness (QED) is 0.169. The Morgan fingerprint density at radius 1 is 1.02 bits per heavy atom. The minimum Gasteiger partial charge on any atom is -0.381 e. The number of aromatic nitrogens is 3. The van der Waals surface area contributed by atoms with Gasteiger partial charge in [0, 0.05) is 75.3 Å². The Morgan fingerprint density at radius 2 is 1.81 bits per heavy atom. The fourth-order valence-corrected chi connectivity index (χ4v) is 6.02. The lowest BCUT2D eigenvalue weighted by Gasteiger charge is -2.26. The van der Waals surface area contributed by atoms with Gasteiger partial charge in [0.25, 0.3) is 0 Å². The molecule has 0 spiro atoms. The van der Waals surface area contributed by atoms with Crippen molar-refractivity contribution in [1.82, 2.24) is 35.2 Å². The predicted molar refractivity (Wildman–Crippen MR) is 186 cm³/mol. The maximum atomic E-state index is 15.0. The summed E-state index contributed by atoms with van der Waals surface area (Å²) < 4.78 is 22.5. The molecule has 3 heterocycles. The number of pyridine rings is 1. The van der Waals surface area contributed by atoms with Gasteiger partial charge in [0.2, 0.25) is 0 Å². The van der Waals surface area contributed by atoms with Crippen LogP contribution in [-0.2, 0) is 37.3 Å². The van der Waals surface area contributed by atoms with Crippen LogP contribution >= 0.6 is 0 Å². The molecular weight excluding hydrogens is 595 g/mol. The van der Waals surface area contributed by atoms with E-state index in [0.29, 0.717) is 12.1 Å². The van der Waals surface area contributed by atoms with Crippen LogP contribution in [0, 0.1) is 5.82 Å². The number of hydrogen-bond donors (Lipinski definition) is 3. The monoisotopic (exact) mass is 644 g/mol. The maximum absolute atomic E-state index is 15.0. The number of hydrogen-bond acceptors (Lipinski definition) is 7. The van der Waals surface area contributed by atoms with Crippen molar-refractivity contribution in [3.05, 3.63) is 76.9 Å². The maximum Gasteiger partial charge on any atom is 0.315 e. The van der Waals surface area contributed by atoms with E-state index in [2.05, 4.69) is 71.9 Å². The van der Waals surface area contributed by atoms with Gasteiger partial charge >= 0.3 is 6.03 Å². The molecule has 2 aromatic heterocycles. The Bertz CT molecular complexity index is 1650. The van der Waals surface area contributed by atoms with Crippen molar-refractivity contribution in [3.63, 3.8) is 0 Å². The van der Waals surface area contributed by atoms with E-state index >= 15 is 4.39 Å². The molecular formula is C36H49FN8O2. The average Bonchev–Trinajstić information content (AvgIpc) is 3.49. The number of nitrogens with one attached hydrogen (secondary N) is 3. The molecule has 0 atom stereocenters. The highest BCUT2D eigenvalue weighted by Crippen LogP contribution is 2.31. The summed E-state index contributed by atoms with van der Waals surface area (Å²) in [6, 6.07) is 13.0. The number of fused-ring (bicyclic) bond motifs is 1. The molecule has 0 saturated carbocycles. The molecule has 0 bridgehead atoms. The molecule has 0 radical (unpaired) electrons. The second-order valence-corrected chi connectivity index (χ2v) is 12.6. The summed E-state index contributed by atoms with van der Waals surface area (Å²) in [5.74, 6) is -0.290. The molecule has 1 saturated heterocycles. The zero-order valence-corrected chi connectivity index (χ0v) is 28.4. The van der Waals surface area contributed by atoms with Gasteiger partial charge in [-0.25, -0.2) is 18.9 Å². The standard InChI is InChI=1S/C36H49FN8O2/c1-6-33-30(34(41-28-13-17-47-18-14-28)31-23-40-45(7-2)35(31)42-33)22-39-36(46)38-21-25-11-12-32(37)29(20-25)27-10-8-9-26(19-27)24-44(5)16-15-43(3)4/h8-12,19-20,23,28H,6-7,13-18,21-22,24H2,1-5H3,(H,41,42)(H2,38,39,46). The molecule has 47 heavy (non-hydrogen) atoms. The van der Waals surface area contributed by atoms with Gasteiger partial charge < -0.3 is 30.5 Å². The molecule has 4 aromatic rings. The second kappa shape index (κ2) is 16.2. The van der Waals surface area contributed by atoms with E-state index < -0.39 is 0 Å². The number of benzene rings is 2. The van der Waals surface area contributed by atoms with Crippen LogP contribution in [0.2, 0.25) is 0 Å². The van der Waals surface area contributed by atoms with Gasteiger partial charge in [0.1, 0.15) is 5.82 Å². The smallest absolute Gasteiger partial charge is 0.315 e. The molecule has 252 valence electrons. The molecule has 2 amide bonds. The van der Waals surface area contributed by atoms with E-state index in [1.165, 1.54) is 6.07 Å². The number of ether oxygens (including phenoxy) is 1. The molecule has 1 aliphatic rings. The largest absolute Gasteiger partial charge is 0.381 e. The zero-order valence-electron chi connectivity index (χ0n) is 28.4. The molecule has 2 aromatic carbocycles. The van der Waals surface area contributed by atoms with Crippen LogP contribution in [0.5, 0.6) is 0 Å². The first kappa shape index (κ1) is 34.3. The Kier molecular flexibility index (Phi) is 11.8. The zero-order chi connectivity index (χ0) is 33.3. The van der Waals surface area contributed by atoms with Crippen molar-refractivity contribution >= 4 is 22.8 Å². The van der Waals surface area contributed by atoms with Gasteiger partial charge in [-0.15, -0.1) is 0 Å². The van der Waals surface area contributed by atoms with Gasteiger partial charge in [-0.2, -0.15) is 5.10 Å². The van der Waals surface area contributed by atoms with Gasteiger partial charge in [-0.1, -0.05) is 31.2 Å². The lowest BCUT2D eigenvalue weighted by Crippen LogP contribution is -2.35. The molecule has 5 rings (SSSR count). The van der Waals surface area contributed by atoms with E-state index in [9.17, 15) is 4.79 Å². The number of anilines is 1. The fourth-order valence-electron chi connectivity index (χ4n) is 6.02. The third-order valence-electron chi connectivity index (χ3n) is 8.71. The van der Waals surface area contributed by atoms with Crippen LogP contribution in [-0.4, -0.2) is 84.1 Å². The number of likely N-dealkylation sites (N-methyl/N-ethyl adjacent to an activating group) is 2. The van der Waals surface area contributed by atoms with Crippen LogP contribution in [0.15, 0.2) is 48.7 Å². The van der Waals surface area contributed by atoms with Crippen molar-refractivity contribution in [2.45, 2.75) is 65.3 Å². The third-order valence-corrected chi connectivity index (χ3v) is 8.71. The Labute approximate surface area is 277 Å².